The normalized spacial score (nSPS) is 9.08. The Kier molecular flexibility index (Phi) is 2.53. The molecule has 0 atom stereocenters. The van der Waals surface area contributed by atoms with Gasteiger partial charge in [0.2, 0.25) is 0 Å². The van der Waals surface area contributed by atoms with Crippen LogP contribution in [0.3, 0.4) is 0 Å². The van der Waals surface area contributed by atoms with E-state index in [-0.39, 0.29) is 11.4 Å². The Balaban J connectivity index is 3.18. The maximum Gasteiger partial charge on any atom is 0.168 e. The Hall–Kier alpha value is -1.71. The number of carbonyl (C=O) groups is 2. The van der Waals surface area contributed by atoms with Gasteiger partial charge in [-0.2, -0.15) is 0 Å². The Bertz CT molecular complexity index is 283. The quantitative estimate of drug-likeness (QED) is 0.619. The fourth-order valence-corrected chi connectivity index (χ4v) is 0.785. The van der Waals surface area contributed by atoms with E-state index < -0.39 is 0 Å². The first-order valence-electron chi connectivity index (χ1n) is 3.26. The molecule has 1 rings (SSSR count). The van der Waals surface area contributed by atoms with Crippen molar-refractivity contribution in [1.29, 1.82) is 0 Å². The average molecular weight is 165 g/mol. The van der Waals surface area contributed by atoms with Crippen LogP contribution in [0.2, 0.25) is 0 Å². The lowest BCUT2D eigenvalue weighted by Gasteiger charge is -1.99. The standard InChI is InChI=1S/C8H7NO3/c1-12-8-2-6(4-10)9-7(3-8)5-11/h2-5H,1H3. The summed E-state index contributed by atoms with van der Waals surface area (Å²) in [6.45, 7) is 0. The number of nitrogens with zero attached hydrogens (tertiary/aromatic N) is 1. The van der Waals surface area contributed by atoms with Gasteiger partial charge in [-0.25, -0.2) is 4.98 Å². The molecule has 0 unspecified atom stereocenters. The number of carbonyl (C=O) groups excluding carboxylic acids is 2. The summed E-state index contributed by atoms with van der Waals surface area (Å²) in [6.07, 6.45) is 1.13. The van der Waals surface area contributed by atoms with Gasteiger partial charge >= 0.3 is 0 Å². The molecule has 62 valence electrons. The second-order valence-electron chi connectivity index (χ2n) is 2.09. The number of aldehydes is 2. The Morgan fingerprint density at radius 1 is 1.25 bits per heavy atom. The number of methoxy groups -OCH3 is 1. The lowest BCUT2D eigenvalue weighted by atomic mass is 10.3. The van der Waals surface area contributed by atoms with Crippen LogP contribution in [-0.2, 0) is 0 Å². The molecule has 12 heavy (non-hydrogen) atoms. The van der Waals surface area contributed by atoms with E-state index >= 15 is 0 Å². The molecule has 0 aromatic carbocycles. The van der Waals surface area contributed by atoms with Gasteiger partial charge in [0, 0.05) is 12.1 Å². The largest absolute Gasteiger partial charge is 0.497 e. The highest BCUT2D eigenvalue weighted by Gasteiger charge is 2.00. The molecule has 0 saturated carbocycles. The smallest absolute Gasteiger partial charge is 0.168 e. The van der Waals surface area contributed by atoms with Crippen molar-refractivity contribution in [3.05, 3.63) is 23.5 Å². The third kappa shape index (κ3) is 1.66. The summed E-state index contributed by atoms with van der Waals surface area (Å²) < 4.78 is 4.84. The van der Waals surface area contributed by atoms with Gasteiger partial charge in [-0.3, -0.25) is 9.59 Å². The van der Waals surface area contributed by atoms with Crippen molar-refractivity contribution in [1.82, 2.24) is 4.98 Å². The fourth-order valence-electron chi connectivity index (χ4n) is 0.785. The monoisotopic (exact) mass is 165 g/mol. The van der Waals surface area contributed by atoms with Crippen LogP contribution >= 0.6 is 0 Å². The van der Waals surface area contributed by atoms with Gasteiger partial charge in [-0.1, -0.05) is 0 Å². The lowest BCUT2D eigenvalue weighted by Crippen LogP contribution is -1.95. The summed E-state index contributed by atoms with van der Waals surface area (Å²) >= 11 is 0. The van der Waals surface area contributed by atoms with E-state index in [1.807, 2.05) is 0 Å². The van der Waals surface area contributed by atoms with Gasteiger partial charge in [0.05, 0.1) is 7.11 Å². The summed E-state index contributed by atoms with van der Waals surface area (Å²) in [5.41, 5.74) is 0.382. The van der Waals surface area contributed by atoms with Gasteiger partial charge in [-0.05, 0) is 0 Å². The Morgan fingerprint density at radius 3 is 2.08 bits per heavy atom. The summed E-state index contributed by atoms with van der Waals surface area (Å²) in [6, 6.07) is 2.92. The third-order valence-corrected chi connectivity index (χ3v) is 1.32. The highest BCUT2D eigenvalue weighted by atomic mass is 16.5. The minimum absolute atomic E-state index is 0.191. The highest BCUT2D eigenvalue weighted by molar-refractivity contribution is 5.78. The molecule has 1 aromatic rings. The number of aromatic nitrogens is 1. The molecule has 0 N–H and O–H groups in total. The molecule has 0 bridgehead atoms. The van der Waals surface area contributed by atoms with Crippen LogP contribution in [0.4, 0.5) is 0 Å². The van der Waals surface area contributed by atoms with E-state index in [0.29, 0.717) is 18.3 Å². The zero-order valence-corrected chi connectivity index (χ0v) is 6.48. The predicted octanol–water partition coefficient (Wildman–Crippen LogP) is 0.715. The SMILES string of the molecule is COc1cc(C=O)nc(C=O)c1. The Morgan fingerprint density at radius 2 is 1.75 bits per heavy atom. The van der Waals surface area contributed by atoms with Gasteiger partial charge in [0.25, 0.3) is 0 Å². The van der Waals surface area contributed by atoms with Crippen molar-refractivity contribution in [2.45, 2.75) is 0 Å². The summed E-state index contributed by atoms with van der Waals surface area (Å²) in [5, 5.41) is 0. The van der Waals surface area contributed by atoms with Crippen LogP contribution in [0.5, 0.6) is 5.75 Å². The zero-order valence-electron chi connectivity index (χ0n) is 6.48. The van der Waals surface area contributed by atoms with Gasteiger partial charge in [0.15, 0.2) is 12.6 Å². The molecule has 0 radical (unpaired) electrons. The second kappa shape index (κ2) is 3.61. The predicted molar refractivity (Wildman–Crippen MR) is 41.6 cm³/mol. The molecule has 0 aliphatic rings. The second-order valence-corrected chi connectivity index (χ2v) is 2.09. The summed E-state index contributed by atoms with van der Waals surface area (Å²) in [7, 11) is 1.46. The molecular weight excluding hydrogens is 158 g/mol. The van der Waals surface area contributed by atoms with Crippen molar-refractivity contribution in [2.75, 3.05) is 7.11 Å². The van der Waals surface area contributed by atoms with E-state index in [1.54, 1.807) is 0 Å². The number of rotatable bonds is 3. The first kappa shape index (κ1) is 8.39. The molecule has 4 heteroatoms. The molecule has 0 spiro atoms. The average Bonchev–Trinajstić information content (AvgIpc) is 2.16. The fraction of sp³-hybridized carbons (Fsp3) is 0.125. The van der Waals surface area contributed by atoms with Crippen LogP contribution in [0, 0.1) is 0 Å². The van der Waals surface area contributed by atoms with Crippen LogP contribution in [-0.4, -0.2) is 24.7 Å². The van der Waals surface area contributed by atoms with E-state index in [2.05, 4.69) is 4.98 Å². The molecule has 0 fully saturated rings. The molecule has 0 aliphatic carbocycles. The molecule has 0 saturated heterocycles. The topological polar surface area (TPSA) is 56.3 Å². The van der Waals surface area contributed by atoms with Crippen LogP contribution in [0.1, 0.15) is 21.0 Å². The number of ether oxygens (including phenoxy) is 1. The molecule has 1 heterocycles. The number of hydrogen-bond donors (Lipinski definition) is 0. The van der Waals surface area contributed by atoms with E-state index in [1.165, 1.54) is 19.2 Å². The summed E-state index contributed by atoms with van der Waals surface area (Å²) in [4.78, 5) is 24.3. The van der Waals surface area contributed by atoms with Crippen LogP contribution in [0.25, 0.3) is 0 Å². The lowest BCUT2D eigenvalue weighted by molar-refractivity contribution is 0.111. The van der Waals surface area contributed by atoms with Crippen molar-refractivity contribution >= 4 is 12.6 Å². The first-order valence-corrected chi connectivity index (χ1v) is 3.26. The highest BCUT2D eigenvalue weighted by Crippen LogP contribution is 2.11. The van der Waals surface area contributed by atoms with Crippen molar-refractivity contribution in [3.8, 4) is 5.75 Å². The Labute approximate surface area is 69.2 Å². The molecule has 4 nitrogen and oxygen atoms in total. The third-order valence-electron chi connectivity index (χ3n) is 1.32. The minimum atomic E-state index is 0.191. The van der Waals surface area contributed by atoms with Crippen LogP contribution < -0.4 is 4.74 Å². The molecule has 1 aromatic heterocycles. The number of pyridine rings is 1. The van der Waals surface area contributed by atoms with Crippen LogP contribution in [0.15, 0.2) is 12.1 Å². The van der Waals surface area contributed by atoms with Gasteiger partial charge < -0.3 is 4.74 Å². The first-order chi connectivity index (χ1) is 5.80. The maximum absolute atomic E-state index is 10.3. The maximum atomic E-state index is 10.3. The van der Waals surface area contributed by atoms with Gasteiger partial charge in [-0.15, -0.1) is 0 Å². The zero-order chi connectivity index (χ0) is 8.97. The molecule has 0 aliphatic heterocycles. The summed E-state index contributed by atoms with van der Waals surface area (Å²) in [5.74, 6) is 0.453. The van der Waals surface area contributed by atoms with Crippen molar-refractivity contribution < 1.29 is 14.3 Å². The van der Waals surface area contributed by atoms with Gasteiger partial charge in [0.1, 0.15) is 17.1 Å². The van der Waals surface area contributed by atoms with Crippen molar-refractivity contribution in [2.24, 2.45) is 0 Å². The number of hydrogen-bond acceptors (Lipinski definition) is 4. The van der Waals surface area contributed by atoms with Crippen molar-refractivity contribution in [3.63, 3.8) is 0 Å². The molecular formula is C8H7NO3. The minimum Gasteiger partial charge on any atom is -0.497 e. The molecule has 0 amide bonds. The van der Waals surface area contributed by atoms with E-state index in [4.69, 9.17) is 4.74 Å². The van der Waals surface area contributed by atoms with E-state index in [9.17, 15) is 9.59 Å². The van der Waals surface area contributed by atoms with E-state index in [0.717, 1.165) is 0 Å².